The van der Waals surface area contributed by atoms with Crippen molar-refractivity contribution in [2.24, 2.45) is 0 Å². The molecule has 0 atom stereocenters. The zero-order valence-electron chi connectivity index (χ0n) is 7.74. The second kappa shape index (κ2) is 3.88. The van der Waals surface area contributed by atoms with E-state index >= 15 is 0 Å². The first-order chi connectivity index (χ1) is 6.79. The number of halogens is 1. The van der Waals surface area contributed by atoms with Crippen molar-refractivity contribution >= 4 is 15.9 Å². The van der Waals surface area contributed by atoms with Crippen molar-refractivity contribution in [2.75, 3.05) is 0 Å². The molecule has 0 amide bonds. The average molecular weight is 249 g/mol. The highest BCUT2D eigenvalue weighted by atomic mass is 79.9. The second-order valence-corrected chi connectivity index (χ2v) is 3.76. The van der Waals surface area contributed by atoms with Gasteiger partial charge in [-0.2, -0.15) is 0 Å². The fourth-order valence-electron chi connectivity index (χ4n) is 1.35. The molecule has 0 aliphatic carbocycles. The van der Waals surface area contributed by atoms with Crippen molar-refractivity contribution < 1.29 is 0 Å². The van der Waals surface area contributed by atoms with Gasteiger partial charge in [-0.25, -0.2) is 4.98 Å². The molecule has 0 aliphatic rings. The highest BCUT2D eigenvalue weighted by Crippen LogP contribution is 2.26. The van der Waals surface area contributed by atoms with Crippen LogP contribution in [0.4, 0.5) is 0 Å². The normalized spacial score (nSPS) is 10.1. The lowest BCUT2D eigenvalue weighted by molar-refractivity contribution is 1.22. The van der Waals surface area contributed by atoms with Crippen LogP contribution in [0.15, 0.2) is 41.4 Å². The molecule has 2 nitrogen and oxygen atoms in total. The molecule has 0 aliphatic heterocycles. The lowest BCUT2D eigenvalue weighted by Crippen LogP contribution is -1.87. The van der Waals surface area contributed by atoms with Crippen LogP contribution in [-0.2, 0) is 0 Å². The first kappa shape index (κ1) is 9.34. The Morgan fingerprint density at radius 1 is 1.07 bits per heavy atom. The van der Waals surface area contributed by atoms with Gasteiger partial charge in [-0.05, 0) is 57.7 Å². The van der Waals surface area contributed by atoms with Gasteiger partial charge in [0.15, 0.2) is 0 Å². The number of rotatable bonds is 1. The molecule has 0 spiro atoms. The summed E-state index contributed by atoms with van der Waals surface area (Å²) in [7, 11) is 0. The average Bonchev–Trinajstić information content (AvgIpc) is 2.23. The van der Waals surface area contributed by atoms with Crippen molar-refractivity contribution in [1.29, 1.82) is 0 Å². The van der Waals surface area contributed by atoms with Crippen LogP contribution < -0.4 is 0 Å². The lowest BCUT2D eigenvalue weighted by Gasteiger charge is -2.05. The van der Waals surface area contributed by atoms with Crippen molar-refractivity contribution in [3.63, 3.8) is 0 Å². The molecule has 0 aromatic carbocycles. The van der Waals surface area contributed by atoms with E-state index in [4.69, 9.17) is 0 Å². The molecule has 14 heavy (non-hydrogen) atoms. The molecule has 2 aromatic heterocycles. The number of aromatic nitrogens is 2. The lowest BCUT2D eigenvalue weighted by atomic mass is 10.0. The summed E-state index contributed by atoms with van der Waals surface area (Å²) >= 11 is 3.42. The maximum absolute atomic E-state index is 4.17. The fourth-order valence-corrected chi connectivity index (χ4v) is 1.69. The molecule has 0 bridgehead atoms. The van der Waals surface area contributed by atoms with Crippen LogP contribution in [0.2, 0.25) is 0 Å². The van der Waals surface area contributed by atoms with Crippen LogP contribution >= 0.6 is 15.9 Å². The largest absolute Gasteiger partial charge is 0.265 e. The Balaban J connectivity index is 2.58. The van der Waals surface area contributed by atoms with Gasteiger partial charge >= 0.3 is 0 Å². The minimum atomic E-state index is 0.895. The summed E-state index contributed by atoms with van der Waals surface area (Å²) in [5, 5.41) is 0. The van der Waals surface area contributed by atoms with Gasteiger partial charge in [0.25, 0.3) is 0 Å². The van der Waals surface area contributed by atoms with Crippen molar-refractivity contribution in [3.8, 4) is 11.1 Å². The minimum Gasteiger partial charge on any atom is -0.265 e. The van der Waals surface area contributed by atoms with E-state index in [9.17, 15) is 0 Å². The first-order valence-corrected chi connectivity index (χ1v) is 5.10. The Morgan fingerprint density at radius 2 is 1.79 bits per heavy atom. The van der Waals surface area contributed by atoms with E-state index in [1.54, 1.807) is 18.6 Å². The quantitative estimate of drug-likeness (QED) is 0.725. The van der Waals surface area contributed by atoms with Crippen LogP contribution in [-0.4, -0.2) is 9.97 Å². The third-order valence-electron chi connectivity index (χ3n) is 2.13. The number of nitrogens with zero attached hydrogens (tertiary/aromatic N) is 2. The predicted octanol–water partition coefficient (Wildman–Crippen LogP) is 3.21. The Morgan fingerprint density at radius 3 is 2.50 bits per heavy atom. The van der Waals surface area contributed by atoms with Crippen LogP contribution in [0.1, 0.15) is 5.56 Å². The molecule has 0 saturated heterocycles. The SMILES string of the molecule is Cc1c(-c2ccncc2)ccnc1Br. The molecular formula is C11H9BrN2. The zero-order valence-corrected chi connectivity index (χ0v) is 9.32. The first-order valence-electron chi connectivity index (χ1n) is 4.30. The van der Waals surface area contributed by atoms with Crippen molar-refractivity contribution in [3.05, 3.63) is 47.0 Å². The van der Waals surface area contributed by atoms with Crippen LogP contribution in [0.5, 0.6) is 0 Å². The Kier molecular flexibility index (Phi) is 2.59. The number of hydrogen-bond donors (Lipinski definition) is 0. The summed E-state index contributed by atoms with van der Waals surface area (Å²) in [5.41, 5.74) is 3.51. The molecular weight excluding hydrogens is 240 g/mol. The van der Waals surface area contributed by atoms with Gasteiger partial charge in [-0.1, -0.05) is 0 Å². The van der Waals surface area contributed by atoms with Gasteiger partial charge in [-0.15, -0.1) is 0 Å². The standard InChI is InChI=1S/C11H9BrN2/c1-8-10(4-7-14-11(8)12)9-2-5-13-6-3-9/h2-7H,1H3. The van der Waals surface area contributed by atoms with Gasteiger partial charge in [-0.3, -0.25) is 4.98 Å². The van der Waals surface area contributed by atoms with E-state index in [1.807, 2.05) is 25.1 Å². The smallest absolute Gasteiger partial charge is 0.109 e. The Hall–Kier alpha value is -1.22. The van der Waals surface area contributed by atoms with Gasteiger partial charge in [0.1, 0.15) is 4.60 Å². The van der Waals surface area contributed by atoms with Crippen LogP contribution in [0.25, 0.3) is 11.1 Å². The third kappa shape index (κ3) is 1.68. The predicted molar refractivity (Wildman–Crippen MR) is 59.9 cm³/mol. The summed E-state index contributed by atoms with van der Waals surface area (Å²) in [4.78, 5) is 8.16. The van der Waals surface area contributed by atoms with Gasteiger partial charge in [0.2, 0.25) is 0 Å². The highest BCUT2D eigenvalue weighted by Gasteiger charge is 2.04. The van der Waals surface area contributed by atoms with E-state index in [0.717, 1.165) is 10.2 Å². The molecule has 0 radical (unpaired) electrons. The molecule has 3 heteroatoms. The molecule has 0 N–H and O–H groups in total. The number of hydrogen-bond acceptors (Lipinski definition) is 2. The summed E-state index contributed by atoms with van der Waals surface area (Å²) < 4.78 is 0.895. The number of pyridine rings is 2. The summed E-state index contributed by atoms with van der Waals surface area (Å²) in [6.07, 6.45) is 5.39. The molecule has 70 valence electrons. The van der Waals surface area contributed by atoms with Crippen LogP contribution in [0.3, 0.4) is 0 Å². The molecule has 2 rings (SSSR count). The maximum atomic E-state index is 4.17. The second-order valence-electron chi connectivity index (χ2n) is 3.01. The fraction of sp³-hybridized carbons (Fsp3) is 0.0909. The van der Waals surface area contributed by atoms with Gasteiger partial charge in [0.05, 0.1) is 0 Å². The topological polar surface area (TPSA) is 25.8 Å². The third-order valence-corrected chi connectivity index (χ3v) is 2.93. The molecule has 0 unspecified atom stereocenters. The van der Waals surface area contributed by atoms with E-state index in [0.29, 0.717) is 0 Å². The monoisotopic (exact) mass is 248 g/mol. The highest BCUT2D eigenvalue weighted by molar-refractivity contribution is 9.10. The minimum absolute atomic E-state index is 0.895. The summed E-state index contributed by atoms with van der Waals surface area (Å²) in [5.74, 6) is 0. The Bertz CT molecular complexity index is 440. The van der Waals surface area contributed by atoms with Crippen LogP contribution in [0, 0.1) is 6.92 Å². The van der Waals surface area contributed by atoms with E-state index in [1.165, 1.54) is 11.1 Å². The van der Waals surface area contributed by atoms with Gasteiger partial charge in [0, 0.05) is 18.6 Å². The molecule has 2 aromatic rings. The van der Waals surface area contributed by atoms with E-state index < -0.39 is 0 Å². The molecule has 0 saturated carbocycles. The van der Waals surface area contributed by atoms with Gasteiger partial charge < -0.3 is 0 Å². The molecule has 2 heterocycles. The summed E-state index contributed by atoms with van der Waals surface area (Å²) in [6, 6.07) is 6.00. The Labute approximate surface area is 91.2 Å². The maximum Gasteiger partial charge on any atom is 0.109 e. The molecule has 0 fully saturated rings. The van der Waals surface area contributed by atoms with E-state index in [2.05, 4.69) is 25.9 Å². The van der Waals surface area contributed by atoms with Crippen molar-refractivity contribution in [1.82, 2.24) is 9.97 Å². The zero-order chi connectivity index (χ0) is 9.97. The van der Waals surface area contributed by atoms with E-state index in [-0.39, 0.29) is 0 Å². The van der Waals surface area contributed by atoms with Crippen molar-refractivity contribution in [2.45, 2.75) is 6.92 Å². The summed E-state index contributed by atoms with van der Waals surface area (Å²) in [6.45, 7) is 2.05.